The third-order valence-corrected chi connectivity index (χ3v) is 6.46. The fourth-order valence-corrected chi connectivity index (χ4v) is 4.36. The molecular formula is C27H28BrFN2O4. The first-order valence-electron chi connectivity index (χ1n) is 11.6. The van der Waals surface area contributed by atoms with Crippen molar-refractivity contribution in [2.75, 3.05) is 19.7 Å². The molecule has 1 unspecified atom stereocenters. The first-order chi connectivity index (χ1) is 16.9. The van der Waals surface area contributed by atoms with E-state index in [0.717, 1.165) is 28.6 Å². The molecule has 1 atom stereocenters. The Hall–Kier alpha value is -2.97. The highest BCUT2D eigenvalue weighted by Crippen LogP contribution is 2.19. The number of nitrogens with zero attached hydrogens (tertiary/aromatic N) is 2. The zero-order valence-electron chi connectivity index (χ0n) is 19.6. The molecule has 1 aliphatic rings. The molecular weight excluding hydrogens is 515 g/mol. The van der Waals surface area contributed by atoms with Crippen LogP contribution in [0.15, 0.2) is 69.6 Å². The van der Waals surface area contributed by atoms with Gasteiger partial charge in [0.05, 0.1) is 12.6 Å². The molecule has 3 aromatic rings. The van der Waals surface area contributed by atoms with Crippen molar-refractivity contribution in [3.8, 4) is 0 Å². The van der Waals surface area contributed by atoms with Crippen LogP contribution in [0.4, 0.5) is 4.39 Å². The third kappa shape index (κ3) is 7.02. The van der Waals surface area contributed by atoms with E-state index in [-0.39, 0.29) is 43.4 Å². The molecule has 35 heavy (non-hydrogen) atoms. The lowest BCUT2D eigenvalue weighted by Crippen LogP contribution is -2.45. The molecule has 6 nitrogen and oxygen atoms in total. The number of hydrogen-bond acceptors (Lipinski definition) is 4. The second kappa shape index (κ2) is 11.6. The number of furan rings is 1. The van der Waals surface area contributed by atoms with Gasteiger partial charge in [-0.15, -0.1) is 0 Å². The van der Waals surface area contributed by atoms with Crippen molar-refractivity contribution in [3.05, 3.63) is 93.6 Å². The fourth-order valence-electron chi connectivity index (χ4n) is 4.09. The predicted molar refractivity (Wildman–Crippen MR) is 133 cm³/mol. The summed E-state index contributed by atoms with van der Waals surface area (Å²) in [5.41, 5.74) is 1.29. The molecule has 0 radical (unpaired) electrons. The Morgan fingerprint density at radius 1 is 1.00 bits per heavy atom. The molecule has 0 saturated carbocycles. The van der Waals surface area contributed by atoms with Gasteiger partial charge in [-0.2, -0.15) is 0 Å². The second-order valence-corrected chi connectivity index (χ2v) is 9.63. The van der Waals surface area contributed by atoms with Gasteiger partial charge in [0, 0.05) is 29.7 Å². The van der Waals surface area contributed by atoms with Crippen molar-refractivity contribution in [1.29, 1.82) is 0 Å². The Labute approximate surface area is 212 Å². The molecule has 1 aromatic heterocycles. The lowest BCUT2D eigenvalue weighted by Gasteiger charge is -2.29. The van der Waals surface area contributed by atoms with Crippen LogP contribution in [0.5, 0.6) is 0 Å². The predicted octanol–water partition coefficient (Wildman–Crippen LogP) is 5.34. The first-order valence-corrected chi connectivity index (χ1v) is 12.4. The minimum atomic E-state index is -0.337. The van der Waals surface area contributed by atoms with Gasteiger partial charge in [0.25, 0.3) is 5.91 Å². The van der Waals surface area contributed by atoms with Gasteiger partial charge in [-0.25, -0.2) is 4.39 Å². The first kappa shape index (κ1) is 25.1. The van der Waals surface area contributed by atoms with E-state index in [2.05, 4.69) is 15.9 Å². The summed E-state index contributed by atoms with van der Waals surface area (Å²) in [6.45, 7) is 3.24. The molecule has 1 saturated heterocycles. The minimum Gasteiger partial charge on any atom is -0.464 e. The van der Waals surface area contributed by atoms with Crippen LogP contribution in [0.25, 0.3) is 0 Å². The molecule has 2 amide bonds. The van der Waals surface area contributed by atoms with Gasteiger partial charge in [-0.1, -0.05) is 28.1 Å². The average Bonchev–Trinajstić information content (AvgIpc) is 3.51. The molecule has 0 bridgehead atoms. The molecule has 1 fully saturated rings. The summed E-state index contributed by atoms with van der Waals surface area (Å²) in [5.74, 6) is 0.599. The van der Waals surface area contributed by atoms with Crippen LogP contribution >= 0.6 is 15.9 Å². The van der Waals surface area contributed by atoms with E-state index >= 15 is 0 Å². The van der Waals surface area contributed by atoms with Gasteiger partial charge in [0.1, 0.15) is 23.9 Å². The van der Waals surface area contributed by atoms with E-state index in [0.29, 0.717) is 24.5 Å². The lowest BCUT2D eigenvalue weighted by molar-refractivity contribution is -0.133. The standard InChI is InChI=1S/C27H28BrFN2O4/c1-19-4-13-25(35-19)17-30(15-20-5-11-23(29)12-6-20)26(32)18-31(16-24-3-2-14-34-24)27(33)21-7-9-22(28)10-8-21/h4-13,24H,2-3,14-18H2,1H3. The van der Waals surface area contributed by atoms with Crippen molar-refractivity contribution >= 4 is 27.7 Å². The largest absolute Gasteiger partial charge is 0.464 e. The smallest absolute Gasteiger partial charge is 0.254 e. The topological polar surface area (TPSA) is 63.0 Å². The maximum absolute atomic E-state index is 13.6. The van der Waals surface area contributed by atoms with Crippen LogP contribution in [-0.2, 0) is 22.6 Å². The Morgan fingerprint density at radius 3 is 2.37 bits per heavy atom. The number of ether oxygens (including phenoxy) is 1. The fraction of sp³-hybridized carbons (Fsp3) is 0.333. The molecule has 2 aromatic carbocycles. The van der Waals surface area contributed by atoms with Crippen LogP contribution in [-0.4, -0.2) is 47.4 Å². The van der Waals surface area contributed by atoms with Crippen molar-refractivity contribution in [3.63, 3.8) is 0 Å². The zero-order valence-corrected chi connectivity index (χ0v) is 21.2. The maximum Gasteiger partial charge on any atom is 0.254 e. The highest BCUT2D eigenvalue weighted by molar-refractivity contribution is 9.10. The molecule has 0 aliphatic carbocycles. The summed E-state index contributed by atoms with van der Waals surface area (Å²) in [4.78, 5) is 30.1. The SMILES string of the molecule is Cc1ccc(CN(Cc2ccc(F)cc2)C(=O)CN(CC2CCCO2)C(=O)c2ccc(Br)cc2)o1. The molecule has 184 valence electrons. The van der Waals surface area contributed by atoms with Crippen molar-refractivity contribution in [2.45, 2.75) is 39.0 Å². The van der Waals surface area contributed by atoms with Crippen LogP contribution in [0.2, 0.25) is 0 Å². The van der Waals surface area contributed by atoms with Gasteiger partial charge < -0.3 is 19.0 Å². The van der Waals surface area contributed by atoms with Crippen LogP contribution < -0.4 is 0 Å². The molecule has 2 heterocycles. The second-order valence-electron chi connectivity index (χ2n) is 8.72. The lowest BCUT2D eigenvalue weighted by atomic mass is 10.1. The van der Waals surface area contributed by atoms with E-state index < -0.39 is 0 Å². The van der Waals surface area contributed by atoms with Gasteiger partial charge in [0.15, 0.2) is 0 Å². The number of benzene rings is 2. The summed E-state index contributed by atoms with van der Waals surface area (Å²) in [6.07, 6.45) is 1.69. The van der Waals surface area contributed by atoms with E-state index in [1.54, 1.807) is 46.2 Å². The monoisotopic (exact) mass is 542 g/mol. The minimum absolute atomic E-state index is 0.0968. The van der Waals surface area contributed by atoms with Crippen LogP contribution in [0.3, 0.4) is 0 Å². The normalized spacial score (nSPS) is 15.2. The highest BCUT2D eigenvalue weighted by atomic mass is 79.9. The molecule has 1 aliphatic heterocycles. The molecule has 8 heteroatoms. The molecule has 0 N–H and O–H groups in total. The summed E-state index contributed by atoms with van der Waals surface area (Å²) in [7, 11) is 0. The molecule has 0 spiro atoms. The summed E-state index contributed by atoms with van der Waals surface area (Å²) in [5, 5.41) is 0. The molecule has 4 rings (SSSR count). The number of carbonyl (C=O) groups excluding carboxylic acids is 2. The number of aryl methyl sites for hydroxylation is 1. The Morgan fingerprint density at radius 2 is 1.74 bits per heavy atom. The van der Waals surface area contributed by atoms with E-state index in [9.17, 15) is 14.0 Å². The number of carbonyl (C=O) groups is 2. The number of hydrogen-bond donors (Lipinski definition) is 0. The average molecular weight is 543 g/mol. The summed E-state index contributed by atoms with van der Waals surface area (Å²) < 4.78 is 25.8. The number of rotatable bonds is 9. The third-order valence-electron chi connectivity index (χ3n) is 5.93. The van der Waals surface area contributed by atoms with E-state index in [4.69, 9.17) is 9.15 Å². The van der Waals surface area contributed by atoms with E-state index in [1.165, 1.54) is 12.1 Å². The highest BCUT2D eigenvalue weighted by Gasteiger charge is 2.27. The Balaban J connectivity index is 1.55. The van der Waals surface area contributed by atoms with Gasteiger partial charge >= 0.3 is 0 Å². The van der Waals surface area contributed by atoms with Crippen molar-refractivity contribution < 1.29 is 23.1 Å². The van der Waals surface area contributed by atoms with E-state index in [1.807, 2.05) is 19.1 Å². The number of halogens is 2. The summed E-state index contributed by atoms with van der Waals surface area (Å²) >= 11 is 3.39. The maximum atomic E-state index is 13.6. The zero-order chi connectivity index (χ0) is 24.8. The van der Waals surface area contributed by atoms with Crippen LogP contribution in [0, 0.1) is 12.7 Å². The van der Waals surface area contributed by atoms with Gasteiger partial charge in [-0.05, 0) is 73.9 Å². The Bertz CT molecular complexity index is 1140. The van der Waals surface area contributed by atoms with Gasteiger partial charge in [0.2, 0.25) is 5.91 Å². The van der Waals surface area contributed by atoms with Crippen molar-refractivity contribution in [1.82, 2.24) is 9.80 Å². The van der Waals surface area contributed by atoms with Gasteiger partial charge in [-0.3, -0.25) is 9.59 Å². The summed E-state index contributed by atoms with van der Waals surface area (Å²) in [6, 6.07) is 16.8. The Kier molecular flexibility index (Phi) is 8.36. The van der Waals surface area contributed by atoms with Crippen molar-refractivity contribution in [2.24, 2.45) is 0 Å². The van der Waals surface area contributed by atoms with Crippen LogP contribution in [0.1, 0.15) is 40.3 Å². The quantitative estimate of drug-likeness (QED) is 0.366. The number of amides is 2.